The average Bonchev–Trinajstić information content (AvgIpc) is 3.22. The zero-order valence-corrected chi connectivity index (χ0v) is 17.0. The lowest BCUT2D eigenvalue weighted by molar-refractivity contribution is 0.280. The van der Waals surface area contributed by atoms with Crippen molar-refractivity contribution in [2.75, 3.05) is 27.2 Å². The number of nitrogens with zero attached hydrogens (tertiary/aromatic N) is 4. The van der Waals surface area contributed by atoms with E-state index in [0.29, 0.717) is 23.3 Å². The summed E-state index contributed by atoms with van der Waals surface area (Å²) in [5, 5.41) is 4.72. The van der Waals surface area contributed by atoms with E-state index in [1.165, 1.54) is 6.33 Å². The Hall–Kier alpha value is -3.13. The molecule has 152 valence electrons. The van der Waals surface area contributed by atoms with Gasteiger partial charge in [-0.3, -0.25) is 0 Å². The predicted octanol–water partition coefficient (Wildman–Crippen LogP) is 4.09. The van der Waals surface area contributed by atoms with Gasteiger partial charge in [-0.15, -0.1) is 0 Å². The highest BCUT2D eigenvalue weighted by molar-refractivity contribution is 5.83. The van der Waals surface area contributed by atoms with E-state index >= 15 is 0 Å². The van der Waals surface area contributed by atoms with Crippen molar-refractivity contribution >= 4 is 16.4 Å². The minimum absolute atomic E-state index is 0.117. The number of aryl methyl sites for hydroxylation is 2. The fraction of sp³-hybridized carbons (Fsp3) is 0.333. The van der Waals surface area contributed by atoms with Gasteiger partial charge >= 0.3 is 0 Å². The van der Waals surface area contributed by atoms with Gasteiger partial charge < -0.3 is 19.4 Å². The predicted molar refractivity (Wildman–Crippen MR) is 109 cm³/mol. The molecule has 7 nitrogen and oxygen atoms in total. The number of fused-ring (bicyclic) bond motifs is 2. The summed E-state index contributed by atoms with van der Waals surface area (Å²) in [6, 6.07) is 5.15. The number of ether oxygens (including phenoxy) is 2. The number of nitrogens with one attached hydrogen (secondary N) is 1. The van der Waals surface area contributed by atoms with Crippen molar-refractivity contribution in [3.05, 3.63) is 47.8 Å². The summed E-state index contributed by atoms with van der Waals surface area (Å²) in [5.74, 6) is 0.691. The van der Waals surface area contributed by atoms with Crippen LogP contribution >= 0.6 is 0 Å². The molecule has 1 N–H and O–H groups in total. The third-order valence-electron chi connectivity index (χ3n) is 4.80. The first-order valence-electron chi connectivity index (χ1n) is 9.50. The Bertz CT molecular complexity index is 1170. The fourth-order valence-corrected chi connectivity index (χ4v) is 3.36. The maximum absolute atomic E-state index is 14.9. The van der Waals surface area contributed by atoms with Gasteiger partial charge in [0.1, 0.15) is 17.6 Å². The van der Waals surface area contributed by atoms with Crippen LogP contribution in [0.2, 0.25) is 0 Å². The summed E-state index contributed by atoms with van der Waals surface area (Å²) >= 11 is 0. The monoisotopic (exact) mass is 397 g/mol. The van der Waals surface area contributed by atoms with Crippen LogP contribution in [0.3, 0.4) is 0 Å². The van der Waals surface area contributed by atoms with Crippen LogP contribution in [0.4, 0.5) is 4.39 Å². The molecule has 0 radical (unpaired) electrons. The largest absolute Gasteiger partial charge is 0.492 e. The van der Waals surface area contributed by atoms with E-state index in [0.717, 1.165) is 29.7 Å². The van der Waals surface area contributed by atoms with Crippen LogP contribution < -0.4 is 9.47 Å². The Morgan fingerprint density at radius 2 is 2.03 bits per heavy atom. The van der Waals surface area contributed by atoms with E-state index in [9.17, 15) is 4.39 Å². The SMILES string of the molecule is Cc1cc2c(F)c(Oc3ncnn4cc(OCCCN(C)C)c(C)c34)ccc2[nH]1. The third-order valence-corrected chi connectivity index (χ3v) is 4.80. The molecule has 0 atom stereocenters. The molecular formula is C21H24FN5O2. The molecule has 0 aliphatic carbocycles. The van der Waals surface area contributed by atoms with Gasteiger partial charge in [0.05, 0.1) is 12.8 Å². The van der Waals surface area contributed by atoms with E-state index < -0.39 is 5.82 Å². The number of benzene rings is 1. The summed E-state index contributed by atoms with van der Waals surface area (Å²) in [4.78, 5) is 9.46. The second-order valence-electron chi connectivity index (χ2n) is 7.38. The lowest BCUT2D eigenvalue weighted by Crippen LogP contribution is -2.15. The molecule has 4 rings (SSSR count). The molecule has 0 amide bonds. The van der Waals surface area contributed by atoms with E-state index in [-0.39, 0.29) is 11.6 Å². The number of hydrogen-bond donors (Lipinski definition) is 1. The molecule has 0 spiro atoms. The van der Waals surface area contributed by atoms with E-state index in [2.05, 4.69) is 20.0 Å². The average molecular weight is 397 g/mol. The molecular weight excluding hydrogens is 373 g/mol. The highest BCUT2D eigenvalue weighted by Crippen LogP contribution is 2.34. The van der Waals surface area contributed by atoms with Gasteiger partial charge in [0, 0.05) is 28.7 Å². The molecule has 0 aliphatic rings. The van der Waals surface area contributed by atoms with Crippen molar-refractivity contribution in [3.63, 3.8) is 0 Å². The molecule has 0 bridgehead atoms. The number of halogens is 1. The van der Waals surface area contributed by atoms with Crippen molar-refractivity contribution in [1.82, 2.24) is 24.5 Å². The molecule has 0 aliphatic heterocycles. The standard InChI is InChI=1S/C21H24FN5O2/c1-13-10-15-16(25-13)6-7-17(19(15)22)29-21-20-14(2)18(11-27(20)24-12-23-21)28-9-5-8-26(3)4/h6-7,10-12,25H,5,8-9H2,1-4H3. The number of aromatic nitrogens is 4. The van der Waals surface area contributed by atoms with Crippen LogP contribution in [0.25, 0.3) is 16.4 Å². The van der Waals surface area contributed by atoms with Crippen LogP contribution in [-0.2, 0) is 0 Å². The Morgan fingerprint density at radius 1 is 1.21 bits per heavy atom. The highest BCUT2D eigenvalue weighted by Gasteiger charge is 2.18. The highest BCUT2D eigenvalue weighted by atomic mass is 19.1. The lowest BCUT2D eigenvalue weighted by Gasteiger charge is -2.10. The van der Waals surface area contributed by atoms with Crippen molar-refractivity contribution in [2.24, 2.45) is 0 Å². The summed E-state index contributed by atoms with van der Waals surface area (Å²) in [6.45, 7) is 5.35. The van der Waals surface area contributed by atoms with Crippen LogP contribution in [0, 0.1) is 19.7 Å². The Balaban J connectivity index is 1.63. The minimum Gasteiger partial charge on any atom is -0.492 e. The van der Waals surface area contributed by atoms with Gasteiger partial charge in [-0.2, -0.15) is 10.1 Å². The third kappa shape index (κ3) is 3.75. The molecule has 0 fully saturated rings. The van der Waals surface area contributed by atoms with E-state index in [1.54, 1.807) is 28.9 Å². The number of rotatable bonds is 7. The van der Waals surface area contributed by atoms with Crippen LogP contribution in [0.1, 0.15) is 17.7 Å². The molecule has 29 heavy (non-hydrogen) atoms. The van der Waals surface area contributed by atoms with Crippen molar-refractivity contribution < 1.29 is 13.9 Å². The first kappa shape index (κ1) is 19.2. The van der Waals surface area contributed by atoms with Gasteiger partial charge in [0.15, 0.2) is 11.6 Å². The molecule has 0 saturated carbocycles. The van der Waals surface area contributed by atoms with Crippen molar-refractivity contribution in [1.29, 1.82) is 0 Å². The minimum atomic E-state index is -0.423. The Labute approximate surface area is 168 Å². The zero-order chi connectivity index (χ0) is 20.5. The number of hydrogen-bond acceptors (Lipinski definition) is 5. The van der Waals surface area contributed by atoms with Gasteiger partial charge in [0.2, 0.25) is 5.88 Å². The van der Waals surface area contributed by atoms with E-state index in [4.69, 9.17) is 9.47 Å². The lowest BCUT2D eigenvalue weighted by atomic mass is 10.2. The van der Waals surface area contributed by atoms with Crippen molar-refractivity contribution in [3.8, 4) is 17.4 Å². The first-order chi connectivity index (χ1) is 13.9. The maximum Gasteiger partial charge on any atom is 0.247 e. The number of aromatic amines is 1. The Kier molecular flexibility index (Phi) is 5.10. The summed E-state index contributed by atoms with van der Waals surface area (Å²) in [6.07, 6.45) is 4.09. The topological polar surface area (TPSA) is 67.7 Å². The molecule has 4 aromatic rings. The van der Waals surface area contributed by atoms with Gasteiger partial charge in [-0.1, -0.05) is 0 Å². The van der Waals surface area contributed by atoms with Crippen LogP contribution in [-0.4, -0.2) is 51.7 Å². The molecule has 1 aromatic carbocycles. The van der Waals surface area contributed by atoms with Crippen LogP contribution in [0.15, 0.2) is 30.7 Å². The van der Waals surface area contributed by atoms with E-state index in [1.807, 2.05) is 27.9 Å². The molecule has 0 unspecified atom stereocenters. The summed E-state index contributed by atoms with van der Waals surface area (Å²) < 4.78 is 28.3. The number of H-pyrrole nitrogens is 1. The molecule has 8 heteroatoms. The molecule has 0 saturated heterocycles. The summed E-state index contributed by atoms with van der Waals surface area (Å²) in [7, 11) is 4.06. The van der Waals surface area contributed by atoms with Gasteiger partial charge in [-0.05, 0) is 52.6 Å². The second-order valence-corrected chi connectivity index (χ2v) is 7.38. The molecule has 3 aromatic heterocycles. The summed E-state index contributed by atoms with van der Waals surface area (Å²) in [5.41, 5.74) is 3.12. The van der Waals surface area contributed by atoms with Crippen LogP contribution in [0.5, 0.6) is 17.4 Å². The molecule has 3 heterocycles. The quantitative estimate of drug-likeness (QED) is 0.476. The fourth-order valence-electron chi connectivity index (χ4n) is 3.36. The maximum atomic E-state index is 14.9. The Morgan fingerprint density at radius 3 is 2.83 bits per heavy atom. The van der Waals surface area contributed by atoms with Crippen molar-refractivity contribution in [2.45, 2.75) is 20.3 Å². The first-order valence-corrected chi connectivity index (χ1v) is 9.50. The second kappa shape index (κ2) is 7.71. The zero-order valence-electron chi connectivity index (χ0n) is 17.0. The smallest absolute Gasteiger partial charge is 0.247 e. The van der Waals surface area contributed by atoms with Gasteiger partial charge in [0.25, 0.3) is 0 Å². The van der Waals surface area contributed by atoms with Gasteiger partial charge in [-0.25, -0.2) is 8.91 Å². The normalized spacial score (nSPS) is 11.7.